The number of phenols is 1. The number of likely N-dealkylation sites (tertiary alicyclic amines) is 1. The van der Waals surface area contributed by atoms with E-state index < -0.39 is 0 Å². The van der Waals surface area contributed by atoms with Crippen molar-refractivity contribution >= 4 is 29.9 Å². The van der Waals surface area contributed by atoms with Gasteiger partial charge < -0.3 is 20.5 Å². The Kier molecular flexibility index (Phi) is 8.37. The minimum atomic E-state index is 0. The number of ether oxygens (including phenoxy) is 1. The van der Waals surface area contributed by atoms with Crippen molar-refractivity contribution in [3.63, 3.8) is 0 Å². The number of phenolic OH excluding ortho intramolecular Hbond substituents is 1. The van der Waals surface area contributed by atoms with E-state index in [9.17, 15) is 5.11 Å². The zero-order valence-electron chi connectivity index (χ0n) is 13.1. The summed E-state index contributed by atoms with van der Waals surface area (Å²) in [6.45, 7) is 2.68. The largest absolute Gasteiger partial charge is 0.504 e. The number of guanidine groups is 1. The molecule has 3 N–H and O–H groups in total. The van der Waals surface area contributed by atoms with Gasteiger partial charge in [0.25, 0.3) is 0 Å². The fourth-order valence-electron chi connectivity index (χ4n) is 2.58. The molecule has 0 amide bonds. The summed E-state index contributed by atoms with van der Waals surface area (Å²) in [6.07, 6.45) is 5.76. The summed E-state index contributed by atoms with van der Waals surface area (Å²) in [5.41, 5.74) is 7.15. The maximum absolute atomic E-state index is 9.57. The van der Waals surface area contributed by atoms with Gasteiger partial charge in [0.15, 0.2) is 17.5 Å². The Balaban J connectivity index is 0.00000242. The van der Waals surface area contributed by atoms with Crippen LogP contribution in [0.2, 0.25) is 0 Å². The molecule has 0 spiro atoms. The van der Waals surface area contributed by atoms with Crippen LogP contribution in [-0.4, -0.2) is 42.7 Å². The third-order valence-electron chi connectivity index (χ3n) is 3.85. The van der Waals surface area contributed by atoms with Crippen LogP contribution in [0.3, 0.4) is 0 Å². The Morgan fingerprint density at radius 3 is 2.59 bits per heavy atom. The molecule has 1 saturated heterocycles. The lowest BCUT2D eigenvalue weighted by Crippen LogP contribution is -2.38. The third-order valence-corrected chi connectivity index (χ3v) is 3.85. The fraction of sp³-hybridized carbons (Fsp3) is 0.562. The minimum absolute atomic E-state index is 0. The number of aromatic hydroxyl groups is 1. The number of rotatable bonds is 4. The molecule has 0 atom stereocenters. The second-order valence-electron chi connectivity index (χ2n) is 5.40. The van der Waals surface area contributed by atoms with Gasteiger partial charge in [-0.1, -0.05) is 18.9 Å². The van der Waals surface area contributed by atoms with Crippen LogP contribution in [0, 0.1) is 0 Å². The molecule has 0 unspecified atom stereocenters. The van der Waals surface area contributed by atoms with Gasteiger partial charge in [-0.05, 0) is 37.0 Å². The quantitative estimate of drug-likeness (QED) is 0.448. The van der Waals surface area contributed by atoms with Gasteiger partial charge in [-0.2, -0.15) is 0 Å². The van der Waals surface area contributed by atoms with E-state index in [1.165, 1.54) is 25.7 Å². The average Bonchev–Trinajstić information content (AvgIpc) is 2.78. The highest BCUT2D eigenvalue weighted by Gasteiger charge is 2.10. The molecule has 1 aromatic rings. The van der Waals surface area contributed by atoms with Gasteiger partial charge in [0.2, 0.25) is 0 Å². The second kappa shape index (κ2) is 9.76. The van der Waals surface area contributed by atoms with E-state index in [1.807, 2.05) is 12.1 Å². The molecular formula is C16H26IN3O2. The Morgan fingerprint density at radius 1 is 1.27 bits per heavy atom. The molecule has 124 valence electrons. The van der Waals surface area contributed by atoms with Crippen LogP contribution in [0.15, 0.2) is 23.2 Å². The van der Waals surface area contributed by atoms with E-state index in [0.29, 0.717) is 18.3 Å². The van der Waals surface area contributed by atoms with Crippen molar-refractivity contribution in [3.8, 4) is 11.5 Å². The predicted octanol–water partition coefficient (Wildman–Crippen LogP) is 2.75. The smallest absolute Gasteiger partial charge is 0.191 e. The summed E-state index contributed by atoms with van der Waals surface area (Å²) in [4.78, 5) is 6.66. The highest BCUT2D eigenvalue weighted by Crippen LogP contribution is 2.26. The SMILES string of the molecule is COc1cc(CCN=C(N)N2CCCCCC2)ccc1O.I. The van der Waals surface area contributed by atoms with Crippen molar-refractivity contribution in [2.24, 2.45) is 10.7 Å². The summed E-state index contributed by atoms with van der Waals surface area (Å²) in [6, 6.07) is 5.37. The number of hydrogen-bond acceptors (Lipinski definition) is 3. The first-order valence-electron chi connectivity index (χ1n) is 7.61. The molecule has 1 aliphatic rings. The highest BCUT2D eigenvalue weighted by molar-refractivity contribution is 14.0. The van der Waals surface area contributed by atoms with Gasteiger partial charge in [-0.15, -0.1) is 24.0 Å². The van der Waals surface area contributed by atoms with Crippen molar-refractivity contribution in [1.82, 2.24) is 4.90 Å². The zero-order valence-corrected chi connectivity index (χ0v) is 15.5. The molecule has 0 bridgehead atoms. The number of hydrogen-bond donors (Lipinski definition) is 2. The molecular weight excluding hydrogens is 393 g/mol. The molecule has 1 fully saturated rings. The van der Waals surface area contributed by atoms with E-state index in [-0.39, 0.29) is 29.7 Å². The van der Waals surface area contributed by atoms with Crippen LogP contribution in [-0.2, 0) is 6.42 Å². The molecule has 2 rings (SSSR count). The summed E-state index contributed by atoms with van der Waals surface area (Å²) >= 11 is 0. The molecule has 0 radical (unpaired) electrons. The summed E-state index contributed by atoms with van der Waals surface area (Å²) in [7, 11) is 1.55. The number of aliphatic imine (C=N–C) groups is 1. The van der Waals surface area contributed by atoms with Crippen molar-refractivity contribution < 1.29 is 9.84 Å². The molecule has 1 aliphatic heterocycles. The monoisotopic (exact) mass is 419 g/mol. The Labute approximate surface area is 149 Å². The first-order valence-corrected chi connectivity index (χ1v) is 7.61. The van der Waals surface area contributed by atoms with Crippen LogP contribution in [0.25, 0.3) is 0 Å². The second-order valence-corrected chi connectivity index (χ2v) is 5.40. The van der Waals surface area contributed by atoms with Crippen molar-refractivity contribution in [2.45, 2.75) is 32.1 Å². The van der Waals surface area contributed by atoms with Gasteiger partial charge in [0.1, 0.15) is 0 Å². The maximum Gasteiger partial charge on any atom is 0.191 e. The molecule has 0 aromatic heterocycles. The molecule has 1 heterocycles. The molecule has 6 heteroatoms. The van der Waals surface area contributed by atoms with E-state index in [4.69, 9.17) is 10.5 Å². The number of methoxy groups -OCH3 is 1. The number of nitrogens with two attached hydrogens (primary N) is 1. The summed E-state index contributed by atoms with van der Waals surface area (Å²) in [5, 5.41) is 9.57. The lowest BCUT2D eigenvalue weighted by atomic mass is 10.1. The molecule has 0 saturated carbocycles. The molecule has 5 nitrogen and oxygen atoms in total. The van der Waals surface area contributed by atoms with Crippen molar-refractivity contribution in [2.75, 3.05) is 26.7 Å². The van der Waals surface area contributed by atoms with Crippen LogP contribution in [0.1, 0.15) is 31.2 Å². The van der Waals surface area contributed by atoms with Gasteiger partial charge in [-0.3, -0.25) is 4.99 Å². The molecule has 1 aromatic carbocycles. The standard InChI is InChI=1S/C16H25N3O2.HI/c1-21-15-12-13(6-7-14(15)20)8-9-18-16(17)19-10-4-2-3-5-11-19;/h6-7,12,20H,2-5,8-11H2,1H3,(H2,17,18);1H. The van der Waals surface area contributed by atoms with Crippen molar-refractivity contribution in [3.05, 3.63) is 23.8 Å². The number of benzene rings is 1. The van der Waals surface area contributed by atoms with Crippen molar-refractivity contribution in [1.29, 1.82) is 0 Å². The lowest BCUT2D eigenvalue weighted by molar-refractivity contribution is 0.373. The Morgan fingerprint density at radius 2 is 1.95 bits per heavy atom. The third kappa shape index (κ3) is 5.55. The van der Waals surface area contributed by atoms with E-state index in [2.05, 4.69) is 9.89 Å². The first kappa shape index (κ1) is 18.9. The Bertz CT molecular complexity index is 486. The Hall–Kier alpha value is -1.18. The van der Waals surface area contributed by atoms with Crippen LogP contribution in [0.4, 0.5) is 0 Å². The first-order chi connectivity index (χ1) is 10.2. The molecule has 0 aliphatic carbocycles. The van der Waals surface area contributed by atoms with Gasteiger partial charge in [0, 0.05) is 19.6 Å². The normalized spacial score (nSPS) is 15.9. The lowest BCUT2D eigenvalue weighted by Gasteiger charge is -2.21. The number of nitrogens with zero attached hydrogens (tertiary/aromatic N) is 2. The van der Waals surface area contributed by atoms with Gasteiger partial charge in [0.05, 0.1) is 7.11 Å². The van der Waals surface area contributed by atoms with Crippen LogP contribution < -0.4 is 10.5 Å². The topological polar surface area (TPSA) is 71.1 Å². The number of halogens is 1. The van der Waals surface area contributed by atoms with Gasteiger partial charge in [-0.25, -0.2) is 0 Å². The predicted molar refractivity (Wildman–Crippen MR) is 100 cm³/mol. The summed E-state index contributed by atoms with van der Waals surface area (Å²) in [5.74, 6) is 1.31. The summed E-state index contributed by atoms with van der Waals surface area (Å²) < 4.78 is 5.10. The minimum Gasteiger partial charge on any atom is -0.504 e. The van der Waals surface area contributed by atoms with E-state index in [0.717, 1.165) is 25.1 Å². The zero-order chi connectivity index (χ0) is 15.1. The highest BCUT2D eigenvalue weighted by atomic mass is 127. The molecule has 22 heavy (non-hydrogen) atoms. The van der Waals surface area contributed by atoms with Crippen LogP contribution in [0.5, 0.6) is 11.5 Å². The van der Waals surface area contributed by atoms with E-state index >= 15 is 0 Å². The maximum atomic E-state index is 9.57. The fourth-order valence-corrected chi connectivity index (χ4v) is 2.58. The van der Waals surface area contributed by atoms with Crippen LogP contribution >= 0.6 is 24.0 Å². The van der Waals surface area contributed by atoms with Gasteiger partial charge >= 0.3 is 0 Å². The average molecular weight is 419 g/mol. The van der Waals surface area contributed by atoms with E-state index in [1.54, 1.807) is 13.2 Å².